The van der Waals surface area contributed by atoms with Gasteiger partial charge in [-0.3, -0.25) is 4.79 Å². The predicted molar refractivity (Wildman–Crippen MR) is 58.7 cm³/mol. The van der Waals surface area contributed by atoms with Crippen LogP contribution in [0.1, 0.15) is 26.1 Å². The summed E-state index contributed by atoms with van der Waals surface area (Å²) in [6, 6.07) is 0. The third-order valence-electron chi connectivity index (χ3n) is 2.13. The van der Waals surface area contributed by atoms with Crippen molar-refractivity contribution in [3.63, 3.8) is 0 Å². The number of aryl methyl sites for hydroxylation is 1. The van der Waals surface area contributed by atoms with Crippen LogP contribution in [0, 0.1) is 0 Å². The molecular weight excluding hydrogens is 208 g/mol. The van der Waals surface area contributed by atoms with Crippen LogP contribution in [-0.2, 0) is 22.6 Å². The number of hydrogen-bond acceptors (Lipinski definition) is 5. The molecule has 0 saturated carbocycles. The van der Waals surface area contributed by atoms with Gasteiger partial charge in [-0.15, -0.1) is 10.2 Å². The average molecular weight is 226 g/mol. The zero-order chi connectivity index (χ0) is 11.8. The number of nitrogens with zero attached hydrogens (tertiary/aromatic N) is 3. The normalized spacial score (nSPS) is 10.4. The van der Waals surface area contributed by atoms with E-state index < -0.39 is 0 Å². The average Bonchev–Trinajstić information content (AvgIpc) is 2.72. The summed E-state index contributed by atoms with van der Waals surface area (Å²) >= 11 is 0. The summed E-state index contributed by atoms with van der Waals surface area (Å²) in [4.78, 5) is 11.0. The molecule has 0 aliphatic carbocycles. The van der Waals surface area contributed by atoms with Gasteiger partial charge in [0.2, 0.25) is 0 Å². The molecule has 0 atom stereocenters. The Morgan fingerprint density at radius 3 is 3.06 bits per heavy atom. The van der Waals surface area contributed by atoms with Crippen molar-refractivity contribution in [2.45, 2.75) is 33.4 Å². The van der Waals surface area contributed by atoms with Crippen molar-refractivity contribution in [2.75, 3.05) is 13.2 Å². The van der Waals surface area contributed by atoms with Crippen molar-refractivity contribution < 1.29 is 9.53 Å². The highest BCUT2D eigenvalue weighted by molar-refractivity contribution is 5.69. The summed E-state index contributed by atoms with van der Waals surface area (Å²) in [7, 11) is 0. The molecule has 90 valence electrons. The number of nitrogens with one attached hydrogen (secondary N) is 1. The fourth-order valence-corrected chi connectivity index (χ4v) is 1.30. The smallest absolute Gasteiger partial charge is 0.307 e. The molecule has 0 aliphatic heterocycles. The zero-order valence-corrected chi connectivity index (χ0v) is 9.77. The summed E-state index contributed by atoms with van der Waals surface area (Å²) in [6.07, 6.45) is 2.08. The molecule has 0 bridgehead atoms. The van der Waals surface area contributed by atoms with Crippen LogP contribution >= 0.6 is 0 Å². The van der Waals surface area contributed by atoms with E-state index in [0.29, 0.717) is 26.1 Å². The van der Waals surface area contributed by atoms with Crippen molar-refractivity contribution in [1.29, 1.82) is 0 Å². The molecule has 0 radical (unpaired) electrons. The molecule has 6 heteroatoms. The monoisotopic (exact) mass is 226 g/mol. The summed E-state index contributed by atoms with van der Waals surface area (Å²) in [5, 5.41) is 10.9. The van der Waals surface area contributed by atoms with Gasteiger partial charge < -0.3 is 14.6 Å². The Balaban J connectivity index is 2.18. The standard InChI is InChI=1S/C10H18N4O2/c1-3-14-8-12-13-9(14)7-11-6-5-10(15)16-4-2/h8,11H,3-7H2,1-2H3. The van der Waals surface area contributed by atoms with Gasteiger partial charge in [-0.05, 0) is 13.8 Å². The molecule has 0 aliphatic rings. The summed E-state index contributed by atoms with van der Waals surface area (Å²) in [5.41, 5.74) is 0. The lowest BCUT2D eigenvalue weighted by atomic mass is 10.4. The highest BCUT2D eigenvalue weighted by Crippen LogP contribution is 1.94. The van der Waals surface area contributed by atoms with E-state index in [-0.39, 0.29) is 5.97 Å². The minimum Gasteiger partial charge on any atom is -0.466 e. The maximum absolute atomic E-state index is 11.0. The van der Waals surface area contributed by atoms with Gasteiger partial charge in [-0.1, -0.05) is 0 Å². The molecule has 0 saturated heterocycles. The molecule has 1 aromatic heterocycles. The van der Waals surface area contributed by atoms with E-state index in [1.54, 1.807) is 13.3 Å². The Hall–Kier alpha value is -1.43. The van der Waals surface area contributed by atoms with Gasteiger partial charge in [0.25, 0.3) is 0 Å². The topological polar surface area (TPSA) is 69.0 Å². The number of aromatic nitrogens is 3. The van der Waals surface area contributed by atoms with Crippen molar-refractivity contribution in [2.24, 2.45) is 0 Å². The van der Waals surface area contributed by atoms with E-state index in [0.717, 1.165) is 12.4 Å². The van der Waals surface area contributed by atoms with Gasteiger partial charge in [0.05, 0.1) is 19.6 Å². The van der Waals surface area contributed by atoms with Gasteiger partial charge in [-0.2, -0.15) is 0 Å². The van der Waals surface area contributed by atoms with Crippen molar-refractivity contribution in [1.82, 2.24) is 20.1 Å². The quantitative estimate of drug-likeness (QED) is 0.536. The number of ether oxygens (including phenoxy) is 1. The third-order valence-corrected chi connectivity index (χ3v) is 2.13. The maximum atomic E-state index is 11.0. The zero-order valence-electron chi connectivity index (χ0n) is 9.77. The number of hydrogen-bond donors (Lipinski definition) is 1. The van der Waals surface area contributed by atoms with E-state index in [2.05, 4.69) is 15.5 Å². The Labute approximate surface area is 95.0 Å². The van der Waals surface area contributed by atoms with Crippen LogP contribution in [0.5, 0.6) is 0 Å². The SMILES string of the molecule is CCOC(=O)CCNCc1nncn1CC. The molecule has 0 unspecified atom stereocenters. The van der Waals surface area contributed by atoms with Gasteiger partial charge in [0, 0.05) is 13.1 Å². The molecule has 0 spiro atoms. The van der Waals surface area contributed by atoms with Crippen LogP contribution < -0.4 is 5.32 Å². The Morgan fingerprint density at radius 1 is 1.56 bits per heavy atom. The molecule has 16 heavy (non-hydrogen) atoms. The Bertz CT molecular complexity index is 324. The van der Waals surface area contributed by atoms with Crippen molar-refractivity contribution in [3.05, 3.63) is 12.2 Å². The second-order valence-electron chi connectivity index (χ2n) is 3.26. The molecule has 1 aromatic rings. The summed E-state index contributed by atoms with van der Waals surface area (Å²) in [5.74, 6) is 0.707. The molecule has 0 amide bonds. The fraction of sp³-hybridized carbons (Fsp3) is 0.700. The van der Waals surface area contributed by atoms with E-state index in [1.165, 1.54) is 0 Å². The first kappa shape index (κ1) is 12.6. The van der Waals surface area contributed by atoms with E-state index >= 15 is 0 Å². The minimum absolute atomic E-state index is 0.174. The summed E-state index contributed by atoms with van der Waals surface area (Å²) in [6.45, 7) is 6.33. The lowest BCUT2D eigenvalue weighted by Crippen LogP contribution is -2.21. The Morgan fingerprint density at radius 2 is 2.38 bits per heavy atom. The van der Waals surface area contributed by atoms with E-state index in [1.807, 2.05) is 11.5 Å². The van der Waals surface area contributed by atoms with Crippen LogP contribution in [0.3, 0.4) is 0 Å². The number of esters is 1. The van der Waals surface area contributed by atoms with Crippen LogP contribution in [0.25, 0.3) is 0 Å². The first-order chi connectivity index (χ1) is 7.77. The van der Waals surface area contributed by atoms with Gasteiger partial charge in [0.1, 0.15) is 12.2 Å². The number of rotatable bonds is 7. The molecular formula is C10H18N4O2. The first-order valence-electron chi connectivity index (χ1n) is 5.51. The highest BCUT2D eigenvalue weighted by Gasteiger charge is 2.03. The molecule has 1 N–H and O–H groups in total. The first-order valence-corrected chi connectivity index (χ1v) is 5.51. The number of carbonyl (C=O) groups is 1. The van der Waals surface area contributed by atoms with Crippen LogP contribution in [0.4, 0.5) is 0 Å². The third kappa shape index (κ3) is 3.98. The van der Waals surface area contributed by atoms with Crippen LogP contribution in [0.2, 0.25) is 0 Å². The molecule has 0 fully saturated rings. The molecule has 6 nitrogen and oxygen atoms in total. The Kier molecular flexibility index (Phi) is 5.49. The maximum Gasteiger partial charge on any atom is 0.307 e. The van der Waals surface area contributed by atoms with Gasteiger partial charge in [0.15, 0.2) is 0 Å². The fourth-order valence-electron chi connectivity index (χ4n) is 1.30. The second kappa shape index (κ2) is 6.95. The van der Waals surface area contributed by atoms with Crippen molar-refractivity contribution in [3.8, 4) is 0 Å². The number of carbonyl (C=O) groups excluding carboxylic acids is 1. The lowest BCUT2D eigenvalue weighted by molar-refractivity contribution is -0.142. The van der Waals surface area contributed by atoms with Crippen LogP contribution in [0.15, 0.2) is 6.33 Å². The minimum atomic E-state index is -0.174. The summed E-state index contributed by atoms with van der Waals surface area (Å²) < 4.78 is 6.77. The van der Waals surface area contributed by atoms with Crippen molar-refractivity contribution >= 4 is 5.97 Å². The van der Waals surface area contributed by atoms with Crippen LogP contribution in [-0.4, -0.2) is 33.9 Å². The van der Waals surface area contributed by atoms with Gasteiger partial charge in [-0.25, -0.2) is 0 Å². The second-order valence-corrected chi connectivity index (χ2v) is 3.26. The largest absolute Gasteiger partial charge is 0.466 e. The molecule has 1 heterocycles. The lowest BCUT2D eigenvalue weighted by Gasteiger charge is -2.05. The van der Waals surface area contributed by atoms with E-state index in [4.69, 9.17) is 4.74 Å². The van der Waals surface area contributed by atoms with Gasteiger partial charge >= 0.3 is 5.97 Å². The van der Waals surface area contributed by atoms with E-state index in [9.17, 15) is 4.79 Å². The molecule has 1 rings (SSSR count). The molecule has 0 aromatic carbocycles. The predicted octanol–water partition coefficient (Wildman–Crippen LogP) is 0.341. The highest BCUT2D eigenvalue weighted by atomic mass is 16.5.